The second-order valence-corrected chi connectivity index (χ2v) is 3.67. The van der Waals surface area contributed by atoms with Crippen molar-refractivity contribution in [2.45, 2.75) is 6.61 Å². The molecule has 0 spiro atoms. The molecule has 0 atom stereocenters. The van der Waals surface area contributed by atoms with E-state index in [9.17, 15) is 0 Å². The Morgan fingerprint density at radius 1 is 1.00 bits per heavy atom. The van der Waals surface area contributed by atoms with Crippen LogP contribution in [0.2, 0.25) is 0 Å². The summed E-state index contributed by atoms with van der Waals surface area (Å²) in [5.41, 5.74) is 7.51. The van der Waals surface area contributed by atoms with Crippen LogP contribution < -0.4 is 15.2 Å². The quantitative estimate of drug-likeness (QED) is 0.820. The molecule has 3 nitrogen and oxygen atoms in total. The molecule has 2 rings (SSSR count). The highest BCUT2D eigenvalue weighted by Gasteiger charge is 2.02. The summed E-state index contributed by atoms with van der Waals surface area (Å²) >= 11 is 0. The lowest BCUT2D eigenvalue weighted by Crippen LogP contribution is -2.00. The molecule has 0 saturated heterocycles. The molecule has 0 unspecified atom stereocenters. The number of rotatable bonds is 4. The van der Waals surface area contributed by atoms with Crippen molar-refractivity contribution in [2.24, 2.45) is 0 Å². The molecule has 17 heavy (non-hydrogen) atoms. The third-order valence-electron chi connectivity index (χ3n) is 2.49. The Hall–Kier alpha value is -2.16. The van der Waals surface area contributed by atoms with Crippen LogP contribution in [0.5, 0.6) is 11.5 Å². The molecule has 2 N–H and O–H groups in total. The minimum absolute atomic E-state index is 0.438. The summed E-state index contributed by atoms with van der Waals surface area (Å²) in [6, 6.07) is 15.2. The molecule has 0 aliphatic rings. The number of nitrogens with two attached hydrogens (primary N) is 1. The normalized spacial score (nSPS) is 9.94. The molecule has 2 aromatic carbocycles. The van der Waals surface area contributed by atoms with E-state index in [4.69, 9.17) is 15.2 Å². The third-order valence-corrected chi connectivity index (χ3v) is 2.49. The van der Waals surface area contributed by atoms with Crippen molar-refractivity contribution in [3.8, 4) is 11.5 Å². The Bertz CT molecular complexity index is 483. The van der Waals surface area contributed by atoms with Crippen LogP contribution in [-0.2, 0) is 6.61 Å². The number of ether oxygens (including phenoxy) is 2. The van der Waals surface area contributed by atoms with Crippen LogP contribution in [0.25, 0.3) is 0 Å². The number of hydrogen-bond acceptors (Lipinski definition) is 3. The average molecular weight is 229 g/mol. The molecule has 0 heterocycles. The molecule has 0 amide bonds. The molecule has 0 radical (unpaired) electrons. The van der Waals surface area contributed by atoms with Crippen molar-refractivity contribution >= 4 is 5.69 Å². The summed E-state index contributed by atoms with van der Waals surface area (Å²) in [7, 11) is 1.63. The van der Waals surface area contributed by atoms with Crippen LogP contribution in [0, 0.1) is 0 Å². The Kier molecular flexibility index (Phi) is 3.50. The maximum atomic E-state index is 5.87. The van der Waals surface area contributed by atoms with Crippen LogP contribution in [0.4, 0.5) is 5.69 Å². The predicted molar refractivity (Wildman–Crippen MR) is 68.2 cm³/mol. The zero-order valence-electron chi connectivity index (χ0n) is 9.72. The van der Waals surface area contributed by atoms with Crippen molar-refractivity contribution < 1.29 is 9.47 Å². The van der Waals surface area contributed by atoms with Gasteiger partial charge in [-0.1, -0.05) is 18.2 Å². The van der Waals surface area contributed by atoms with Gasteiger partial charge in [0.2, 0.25) is 0 Å². The Morgan fingerprint density at radius 3 is 2.47 bits per heavy atom. The first kappa shape index (κ1) is 11.3. The Balaban J connectivity index is 2.08. The van der Waals surface area contributed by atoms with Gasteiger partial charge in [0.05, 0.1) is 7.11 Å². The van der Waals surface area contributed by atoms with E-state index in [0.29, 0.717) is 12.3 Å². The second-order valence-electron chi connectivity index (χ2n) is 3.67. The number of para-hydroxylation sites is 1. The first-order chi connectivity index (χ1) is 8.29. The Labute approximate surface area is 101 Å². The molecule has 88 valence electrons. The van der Waals surface area contributed by atoms with Gasteiger partial charge >= 0.3 is 0 Å². The van der Waals surface area contributed by atoms with Gasteiger partial charge in [0.15, 0.2) is 0 Å². The van der Waals surface area contributed by atoms with Crippen molar-refractivity contribution in [3.05, 3.63) is 54.1 Å². The number of anilines is 1. The van der Waals surface area contributed by atoms with Crippen molar-refractivity contribution in [1.29, 1.82) is 0 Å². The van der Waals surface area contributed by atoms with E-state index in [1.54, 1.807) is 7.11 Å². The van der Waals surface area contributed by atoms with Crippen molar-refractivity contribution in [3.63, 3.8) is 0 Å². The lowest BCUT2D eigenvalue weighted by Gasteiger charge is -2.10. The minimum Gasteiger partial charge on any atom is -0.497 e. The van der Waals surface area contributed by atoms with Gasteiger partial charge in [-0.2, -0.15) is 0 Å². The zero-order valence-corrected chi connectivity index (χ0v) is 9.72. The molecule has 2 aromatic rings. The summed E-state index contributed by atoms with van der Waals surface area (Å²) < 4.78 is 10.8. The third kappa shape index (κ3) is 2.91. The van der Waals surface area contributed by atoms with Gasteiger partial charge in [-0.3, -0.25) is 0 Å². The highest BCUT2D eigenvalue weighted by atomic mass is 16.5. The number of hydrogen-bond donors (Lipinski definition) is 1. The summed E-state index contributed by atoms with van der Waals surface area (Å²) in [6.45, 7) is 0.438. The minimum atomic E-state index is 0.438. The van der Waals surface area contributed by atoms with E-state index in [2.05, 4.69) is 0 Å². The Morgan fingerprint density at radius 2 is 1.76 bits per heavy atom. The molecule has 0 fully saturated rings. The summed E-state index contributed by atoms with van der Waals surface area (Å²) in [6.07, 6.45) is 0. The van der Waals surface area contributed by atoms with E-state index < -0.39 is 0 Å². The summed E-state index contributed by atoms with van der Waals surface area (Å²) in [4.78, 5) is 0. The highest BCUT2D eigenvalue weighted by Crippen LogP contribution is 2.21. The van der Waals surface area contributed by atoms with E-state index >= 15 is 0 Å². The van der Waals surface area contributed by atoms with Gasteiger partial charge in [0.25, 0.3) is 0 Å². The first-order valence-corrected chi connectivity index (χ1v) is 5.40. The number of methoxy groups -OCH3 is 1. The van der Waals surface area contributed by atoms with Gasteiger partial charge in [-0.15, -0.1) is 0 Å². The maximum absolute atomic E-state index is 5.87. The van der Waals surface area contributed by atoms with Crippen LogP contribution in [0.1, 0.15) is 5.56 Å². The SMILES string of the molecule is COc1ccc(N)c(COc2ccccc2)c1. The second kappa shape index (κ2) is 5.25. The van der Waals surface area contributed by atoms with Crippen molar-refractivity contribution in [2.75, 3.05) is 12.8 Å². The predicted octanol–water partition coefficient (Wildman–Crippen LogP) is 2.86. The van der Waals surface area contributed by atoms with Crippen LogP contribution in [0.3, 0.4) is 0 Å². The fourth-order valence-corrected chi connectivity index (χ4v) is 1.51. The fourth-order valence-electron chi connectivity index (χ4n) is 1.51. The summed E-state index contributed by atoms with van der Waals surface area (Å²) in [5, 5.41) is 0. The summed E-state index contributed by atoms with van der Waals surface area (Å²) in [5.74, 6) is 1.61. The average Bonchev–Trinajstić information content (AvgIpc) is 2.39. The van der Waals surface area contributed by atoms with Crippen LogP contribution in [0.15, 0.2) is 48.5 Å². The largest absolute Gasteiger partial charge is 0.497 e. The van der Waals surface area contributed by atoms with Crippen LogP contribution >= 0.6 is 0 Å². The molecular weight excluding hydrogens is 214 g/mol. The molecule has 0 aliphatic heterocycles. The lowest BCUT2D eigenvalue weighted by atomic mass is 10.2. The topological polar surface area (TPSA) is 44.5 Å². The van der Waals surface area contributed by atoms with Crippen LogP contribution in [-0.4, -0.2) is 7.11 Å². The lowest BCUT2D eigenvalue weighted by molar-refractivity contribution is 0.306. The molecule has 0 saturated carbocycles. The first-order valence-electron chi connectivity index (χ1n) is 5.40. The molecule has 3 heteroatoms. The molecular formula is C14H15NO2. The van der Waals surface area contributed by atoms with Gasteiger partial charge in [0, 0.05) is 11.3 Å². The monoisotopic (exact) mass is 229 g/mol. The van der Waals surface area contributed by atoms with Gasteiger partial charge in [0.1, 0.15) is 18.1 Å². The van der Waals surface area contributed by atoms with Crippen molar-refractivity contribution in [1.82, 2.24) is 0 Å². The van der Waals surface area contributed by atoms with Gasteiger partial charge < -0.3 is 15.2 Å². The standard InChI is InChI=1S/C14H15NO2/c1-16-13-7-8-14(15)11(9-13)10-17-12-5-3-2-4-6-12/h2-9H,10,15H2,1H3. The van der Waals surface area contributed by atoms with Gasteiger partial charge in [-0.25, -0.2) is 0 Å². The zero-order chi connectivity index (χ0) is 12.1. The molecule has 0 bridgehead atoms. The maximum Gasteiger partial charge on any atom is 0.119 e. The molecule has 0 aromatic heterocycles. The van der Waals surface area contributed by atoms with E-state index in [0.717, 1.165) is 17.1 Å². The van der Waals surface area contributed by atoms with E-state index in [-0.39, 0.29) is 0 Å². The van der Waals surface area contributed by atoms with E-state index in [1.807, 2.05) is 48.5 Å². The van der Waals surface area contributed by atoms with Gasteiger partial charge in [-0.05, 0) is 30.3 Å². The molecule has 0 aliphatic carbocycles. The smallest absolute Gasteiger partial charge is 0.119 e. The highest BCUT2D eigenvalue weighted by molar-refractivity contribution is 5.50. The van der Waals surface area contributed by atoms with E-state index in [1.165, 1.54) is 0 Å². The number of nitrogen functional groups attached to an aromatic ring is 1. The number of benzene rings is 2. The fraction of sp³-hybridized carbons (Fsp3) is 0.143.